The third kappa shape index (κ3) is 4.32. The number of fused-ring (bicyclic) bond motifs is 2. The first kappa shape index (κ1) is 22.8. The van der Waals surface area contributed by atoms with E-state index in [4.69, 9.17) is 14.5 Å². The van der Waals surface area contributed by atoms with Crippen molar-refractivity contribution in [3.8, 4) is 17.2 Å². The largest absolute Gasteiger partial charge is 0.497 e. The molecule has 0 unspecified atom stereocenters. The van der Waals surface area contributed by atoms with Gasteiger partial charge in [-0.3, -0.25) is 4.79 Å². The molecule has 1 atom stereocenters. The summed E-state index contributed by atoms with van der Waals surface area (Å²) in [5, 5.41) is 0. The van der Waals surface area contributed by atoms with Crippen molar-refractivity contribution in [1.29, 1.82) is 0 Å². The van der Waals surface area contributed by atoms with Crippen molar-refractivity contribution in [2.24, 2.45) is 4.99 Å². The predicted molar refractivity (Wildman–Crippen MR) is 129 cm³/mol. The lowest BCUT2D eigenvalue weighted by molar-refractivity contribution is 0.0576. The van der Waals surface area contributed by atoms with Crippen molar-refractivity contribution in [3.05, 3.63) is 82.9 Å². The summed E-state index contributed by atoms with van der Waals surface area (Å²) < 4.78 is 39.3. The Kier molecular flexibility index (Phi) is 5.88. The number of aryl methyl sites for hydroxylation is 1. The van der Waals surface area contributed by atoms with Gasteiger partial charge in [-0.2, -0.15) is 0 Å². The highest BCUT2D eigenvalue weighted by molar-refractivity contribution is 6.04. The SMILES string of the molecule is COc1ccc2c(c1)C(N1CCN(C(=O)c3ccc(F)cc3F)[C@H](C)C1)=Nc1ccc(C)cc1O2. The number of piperazine rings is 1. The molecule has 180 valence electrons. The third-order valence-electron chi connectivity index (χ3n) is 6.34. The van der Waals surface area contributed by atoms with E-state index in [1.165, 1.54) is 6.07 Å². The van der Waals surface area contributed by atoms with E-state index in [9.17, 15) is 13.6 Å². The Hall–Kier alpha value is -3.94. The highest BCUT2D eigenvalue weighted by Crippen LogP contribution is 2.40. The van der Waals surface area contributed by atoms with E-state index in [2.05, 4.69) is 4.90 Å². The van der Waals surface area contributed by atoms with Gasteiger partial charge in [-0.1, -0.05) is 6.07 Å². The monoisotopic (exact) mass is 477 g/mol. The molecule has 35 heavy (non-hydrogen) atoms. The molecule has 0 aromatic heterocycles. The van der Waals surface area contributed by atoms with Gasteiger partial charge in [0.15, 0.2) is 5.75 Å². The van der Waals surface area contributed by atoms with Crippen LogP contribution < -0.4 is 9.47 Å². The summed E-state index contributed by atoms with van der Waals surface area (Å²) in [6.07, 6.45) is 0. The van der Waals surface area contributed by atoms with Crippen LogP contribution in [-0.2, 0) is 0 Å². The minimum absolute atomic E-state index is 0.133. The molecule has 8 heteroatoms. The molecule has 2 aliphatic heterocycles. The molecule has 0 aliphatic carbocycles. The molecule has 6 nitrogen and oxygen atoms in total. The molecule has 0 N–H and O–H groups in total. The van der Waals surface area contributed by atoms with Crippen LogP contribution in [0.1, 0.15) is 28.4 Å². The number of halogens is 2. The van der Waals surface area contributed by atoms with Crippen LogP contribution >= 0.6 is 0 Å². The van der Waals surface area contributed by atoms with Gasteiger partial charge in [0.2, 0.25) is 0 Å². The maximum Gasteiger partial charge on any atom is 0.257 e. The number of methoxy groups -OCH3 is 1. The van der Waals surface area contributed by atoms with Crippen LogP contribution in [0.15, 0.2) is 59.6 Å². The molecule has 1 fully saturated rings. The summed E-state index contributed by atoms with van der Waals surface area (Å²) in [5.41, 5.74) is 2.42. The highest BCUT2D eigenvalue weighted by atomic mass is 19.1. The number of hydrogen-bond acceptors (Lipinski definition) is 5. The molecule has 0 bridgehead atoms. The van der Waals surface area contributed by atoms with Gasteiger partial charge in [0.1, 0.15) is 34.7 Å². The van der Waals surface area contributed by atoms with Crippen LogP contribution in [0.5, 0.6) is 17.2 Å². The topological polar surface area (TPSA) is 54.4 Å². The molecule has 5 rings (SSSR count). The van der Waals surface area contributed by atoms with Gasteiger partial charge in [0, 0.05) is 31.7 Å². The molecule has 2 heterocycles. The van der Waals surface area contributed by atoms with Crippen LogP contribution in [0, 0.1) is 18.6 Å². The Morgan fingerprint density at radius 2 is 1.89 bits per heavy atom. The number of hydrogen-bond donors (Lipinski definition) is 0. The van der Waals surface area contributed by atoms with Crippen molar-refractivity contribution >= 4 is 17.4 Å². The highest BCUT2D eigenvalue weighted by Gasteiger charge is 2.33. The summed E-state index contributed by atoms with van der Waals surface area (Å²) in [4.78, 5) is 21.7. The second kappa shape index (κ2) is 9.02. The molecule has 0 spiro atoms. The number of carbonyl (C=O) groups is 1. The van der Waals surface area contributed by atoms with Crippen LogP contribution in [0.4, 0.5) is 14.5 Å². The molecular weight excluding hydrogens is 452 g/mol. The molecule has 3 aromatic carbocycles. The fourth-order valence-electron chi connectivity index (χ4n) is 4.50. The Morgan fingerprint density at radius 3 is 2.63 bits per heavy atom. The number of aliphatic imine (C=N–C) groups is 1. The fraction of sp³-hybridized carbons (Fsp3) is 0.259. The summed E-state index contributed by atoms with van der Waals surface area (Å²) in [7, 11) is 1.61. The second-order valence-electron chi connectivity index (χ2n) is 8.79. The van der Waals surface area contributed by atoms with Gasteiger partial charge < -0.3 is 19.3 Å². The van der Waals surface area contributed by atoms with Gasteiger partial charge in [-0.15, -0.1) is 0 Å². The average molecular weight is 478 g/mol. The summed E-state index contributed by atoms with van der Waals surface area (Å²) in [6, 6.07) is 14.2. The Balaban J connectivity index is 1.47. The summed E-state index contributed by atoms with van der Waals surface area (Å²) >= 11 is 0. The number of ether oxygens (including phenoxy) is 2. The van der Waals surface area contributed by atoms with E-state index < -0.39 is 17.5 Å². The average Bonchev–Trinajstić information content (AvgIpc) is 2.99. The zero-order valence-corrected chi connectivity index (χ0v) is 19.7. The van der Waals surface area contributed by atoms with E-state index in [1.54, 1.807) is 12.0 Å². The fourth-order valence-corrected chi connectivity index (χ4v) is 4.50. The van der Waals surface area contributed by atoms with E-state index in [0.717, 1.165) is 23.3 Å². The van der Waals surface area contributed by atoms with Crippen LogP contribution in [0.3, 0.4) is 0 Å². The molecule has 1 saturated heterocycles. The predicted octanol–water partition coefficient (Wildman–Crippen LogP) is 5.31. The minimum Gasteiger partial charge on any atom is -0.497 e. The first-order valence-corrected chi connectivity index (χ1v) is 11.4. The zero-order valence-electron chi connectivity index (χ0n) is 19.7. The lowest BCUT2D eigenvalue weighted by Crippen LogP contribution is -2.55. The number of benzene rings is 3. The Labute approximate surface area is 202 Å². The van der Waals surface area contributed by atoms with E-state index >= 15 is 0 Å². The van der Waals surface area contributed by atoms with Gasteiger partial charge >= 0.3 is 0 Å². The first-order valence-electron chi connectivity index (χ1n) is 11.4. The van der Waals surface area contributed by atoms with Crippen molar-refractivity contribution in [1.82, 2.24) is 9.80 Å². The zero-order chi connectivity index (χ0) is 24.7. The van der Waals surface area contributed by atoms with Gasteiger partial charge in [0.25, 0.3) is 5.91 Å². The van der Waals surface area contributed by atoms with E-state index in [-0.39, 0.29) is 11.6 Å². The quantitative estimate of drug-likeness (QED) is 0.502. The number of carbonyl (C=O) groups excluding carboxylic acids is 1. The Morgan fingerprint density at radius 1 is 1.06 bits per heavy atom. The molecule has 3 aromatic rings. The van der Waals surface area contributed by atoms with Crippen molar-refractivity contribution in [2.75, 3.05) is 26.7 Å². The summed E-state index contributed by atoms with van der Waals surface area (Å²) in [6.45, 7) is 5.22. The van der Waals surface area contributed by atoms with Gasteiger partial charge in [-0.05, 0) is 61.9 Å². The number of amidine groups is 1. The lowest BCUT2D eigenvalue weighted by atomic mass is 10.1. The molecule has 2 aliphatic rings. The van der Waals surface area contributed by atoms with Crippen molar-refractivity contribution in [3.63, 3.8) is 0 Å². The first-order chi connectivity index (χ1) is 16.8. The smallest absolute Gasteiger partial charge is 0.257 e. The molecular formula is C27H25F2N3O3. The standard InChI is InChI=1S/C27H25F2N3O3/c1-16-4-8-23-25(12-16)35-24-9-6-19(34-3)14-21(24)26(30-23)31-10-11-32(17(2)15-31)27(33)20-7-5-18(28)13-22(20)29/h4-9,12-14,17H,10-11,15H2,1-3H3/t17-/m1/s1. The third-order valence-corrected chi connectivity index (χ3v) is 6.34. The van der Waals surface area contributed by atoms with E-state index in [0.29, 0.717) is 48.4 Å². The van der Waals surface area contributed by atoms with E-state index in [1.807, 2.05) is 50.2 Å². The Bertz CT molecular complexity index is 1340. The van der Waals surface area contributed by atoms with Crippen molar-refractivity contribution < 1.29 is 23.0 Å². The minimum atomic E-state index is -0.858. The molecule has 1 amide bonds. The van der Waals surface area contributed by atoms with Gasteiger partial charge in [0.05, 0.1) is 18.2 Å². The van der Waals surface area contributed by atoms with Crippen LogP contribution in [0.25, 0.3) is 0 Å². The maximum absolute atomic E-state index is 14.3. The second-order valence-corrected chi connectivity index (χ2v) is 8.79. The number of rotatable bonds is 2. The number of amides is 1. The number of nitrogens with zero attached hydrogens (tertiary/aromatic N) is 3. The molecule has 0 saturated carbocycles. The normalized spacial score (nSPS) is 17.1. The van der Waals surface area contributed by atoms with Crippen molar-refractivity contribution in [2.45, 2.75) is 19.9 Å². The maximum atomic E-state index is 14.3. The van der Waals surface area contributed by atoms with Gasteiger partial charge in [-0.25, -0.2) is 13.8 Å². The lowest BCUT2D eigenvalue weighted by Gasteiger charge is -2.41. The molecule has 0 radical (unpaired) electrons. The van der Waals surface area contributed by atoms with Crippen LogP contribution in [-0.4, -0.2) is 54.3 Å². The van der Waals surface area contributed by atoms with Crippen LogP contribution in [0.2, 0.25) is 0 Å². The summed E-state index contributed by atoms with van der Waals surface area (Å²) in [5.74, 6) is 0.694.